The van der Waals surface area contributed by atoms with Crippen LogP contribution in [0.1, 0.15) is 69.1 Å². The summed E-state index contributed by atoms with van der Waals surface area (Å²) in [7, 11) is 1.55. The molecule has 2 heterocycles. The normalized spacial score (nSPS) is 14.1. The van der Waals surface area contributed by atoms with Crippen LogP contribution in [0.15, 0.2) is 12.1 Å². The number of primary amides is 1. The molecule has 0 saturated carbocycles. The van der Waals surface area contributed by atoms with Gasteiger partial charge in [-0.05, 0) is 42.9 Å². The molecule has 9 heteroatoms. The van der Waals surface area contributed by atoms with Crippen LogP contribution in [0.25, 0.3) is 11.3 Å². The molecule has 0 fully saturated rings. The lowest BCUT2D eigenvalue weighted by Gasteiger charge is -2.22. The first-order valence-electron chi connectivity index (χ1n) is 12.0. The molecule has 4 N–H and O–H groups in total. The Balaban J connectivity index is 2.10. The topological polar surface area (TPSA) is 129 Å². The number of fused-ring (bicyclic) bond motifs is 3. The van der Waals surface area contributed by atoms with Crippen LogP contribution in [0.5, 0.6) is 11.5 Å². The molecule has 1 aliphatic rings. The Hall–Kier alpha value is -3.07. The summed E-state index contributed by atoms with van der Waals surface area (Å²) < 4.78 is 16.4. The molecule has 186 valence electrons. The molecular weight excluding hydrogens is 436 g/mol. The minimum Gasteiger partial charge on any atom is -0.507 e. The highest BCUT2D eigenvalue weighted by Gasteiger charge is 2.25. The number of aromatic hydroxyl groups is 1. The highest BCUT2D eigenvalue weighted by molar-refractivity contribution is 5.76. The number of phenols is 1. The monoisotopic (exact) mass is 472 g/mol. The Morgan fingerprint density at radius 1 is 1.29 bits per heavy atom. The van der Waals surface area contributed by atoms with Crippen LogP contribution >= 0.6 is 0 Å². The number of unbranched alkanes of at least 4 members (excludes halogenated alkanes) is 2. The van der Waals surface area contributed by atoms with Crippen LogP contribution in [-0.2, 0) is 29.1 Å². The van der Waals surface area contributed by atoms with E-state index in [9.17, 15) is 9.90 Å². The number of ether oxygens (including phenoxy) is 3. The van der Waals surface area contributed by atoms with E-state index in [1.165, 1.54) is 6.42 Å². The number of nitrogens with one attached hydrogen (secondary N) is 1. The highest BCUT2D eigenvalue weighted by atomic mass is 16.5. The molecule has 1 unspecified atom stereocenters. The van der Waals surface area contributed by atoms with Gasteiger partial charge >= 0.3 is 6.09 Å². The van der Waals surface area contributed by atoms with Crippen molar-refractivity contribution >= 4 is 11.9 Å². The van der Waals surface area contributed by atoms with Gasteiger partial charge in [0, 0.05) is 29.8 Å². The maximum atomic E-state index is 11.5. The Morgan fingerprint density at radius 2 is 2.12 bits per heavy atom. The highest BCUT2D eigenvalue weighted by Crippen LogP contribution is 2.40. The molecule has 0 spiro atoms. The Kier molecular flexibility index (Phi) is 9.33. The summed E-state index contributed by atoms with van der Waals surface area (Å²) in [5.74, 6) is 1.14. The van der Waals surface area contributed by atoms with Gasteiger partial charge in [0.15, 0.2) is 5.82 Å². The fraction of sp³-hybridized carbons (Fsp3) is 0.560. The fourth-order valence-corrected chi connectivity index (χ4v) is 4.30. The first-order valence-corrected chi connectivity index (χ1v) is 12.0. The summed E-state index contributed by atoms with van der Waals surface area (Å²) in [6.45, 7) is 5.13. The zero-order valence-electron chi connectivity index (χ0n) is 20.4. The van der Waals surface area contributed by atoms with E-state index in [1.54, 1.807) is 13.2 Å². The van der Waals surface area contributed by atoms with E-state index in [2.05, 4.69) is 29.4 Å². The van der Waals surface area contributed by atoms with Gasteiger partial charge in [0.2, 0.25) is 0 Å². The van der Waals surface area contributed by atoms with Crippen molar-refractivity contribution in [3.05, 3.63) is 28.8 Å². The molecular formula is C25H36N4O5. The number of carbonyl (C=O) groups is 1. The molecule has 0 bridgehead atoms. The van der Waals surface area contributed by atoms with Gasteiger partial charge in [0.1, 0.15) is 23.8 Å². The minimum atomic E-state index is -0.856. The Labute approximate surface area is 201 Å². The maximum Gasteiger partial charge on any atom is 0.404 e. The molecule has 1 amide bonds. The second-order valence-corrected chi connectivity index (χ2v) is 8.54. The van der Waals surface area contributed by atoms with Crippen LogP contribution in [-0.4, -0.2) is 41.2 Å². The van der Waals surface area contributed by atoms with Gasteiger partial charge in [-0.3, -0.25) is 0 Å². The van der Waals surface area contributed by atoms with E-state index >= 15 is 0 Å². The molecule has 1 aromatic heterocycles. The SMILES string of the molecule is CCCCCC(CC)Nc1nnc2c(c1COC(N)=O)CCCOCc1cc(OC)cc(O)c1-2. The maximum absolute atomic E-state index is 11.5. The summed E-state index contributed by atoms with van der Waals surface area (Å²) >= 11 is 0. The van der Waals surface area contributed by atoms with E-state index in [0.717, 1.165) is 48.8 Å². The van der Waals surface area contributed by atoms with Crippen molar-refractivity contribution in [2.45, 2.75) is 78.0 Å². The van der Waals surface area contributed by atoms with Crippen molar-refractivity contribution in [2.75, 3.05) is 19.0 Å². The number of rotatable bonds is 10. The smallest absolute Gasteiger partial charge is 0.404 e. The van der Waals surface area contributed by atoms with Gasteiger partial charge in [-0.25, -0.2) is 4.79 Å². The largest absolute Gasteiger partial charge is 0.507 e. The molecule has 1 aromatic carbocycles. The average molecular weight is 473 g/mol. The van der Waals surface area contributed by atoms with Crippen molar-refractivity contribution in [3.8, 4) is 22.8 Å². The van der Waals surface area contributed by atoms with E-state index in [4.69, 9.17) is 19.9 Å². The third-order valence-electron chi connectivity index (χ3n) is 6.15. The molecule has 34 heavy (non-hydrogen) atoms. The molecule has 2 aromatic rings. The van der Waals surface area contributed by atoms with Crippen LogP contribution < -0.4 is 15.8 Å². The number of hydrogen-bond donors (Lipinski definition) is 3. The van der Waals surface area contributed by atoms with Crippen LogP contribution in [0.4, 0.5) is 10.6 Å². The predicted molar refractivity (Wildman–Crippen MR) is 130 cm³/mol. The van der Waals surface area contributed by atoms with Crippen molar-refractivity contribution in [2.24, 2.45) is 5.73 Å². The van der Waals surface area contributed by atoms with Gasteiger partial charge in [0.05, 0.1) is 13.7 Å². The van der Waals surface area contributed by atoms with E-state index in [1.807, 2.05) is 6.07 Å². The zero-order valence-corrected chi connectivity index (χ0v) is 20.4. The van der Waals surface area contributed by atoms with Crippen LogP contribution in [0.3, 0.4) is 0 Å². The lowest BCUT2D eigenvalue weighted by atomic mass is 9.94. The van der Waals surface area contributed by atoms with Gasteiger partial charge in [-0.2, -0.15) is 0 Å². The summed E-state index contributed by atoms with van der Waals surface area (Å²) in [5, 5.41) is 23.4. The van der Waals surface area contributed by atoms with E-state index in [0.29, 0.717) is 42.5 Å². The number of nitrogens with two attached hydrogens (primary N) is 1. The second kappa shape index (κ2) is 12.4. The summed E-state index contributed by atoms with van der Waals surface area (Å²) in [5.41, 5.74) is 8.73. The number of nitrogens with zero attached hydrogens (tertiary/aromatic N) is 2. The number of hydrogen-bond acceptors (Lipinski definition) is 8. The number of methoxy groups -OCH3 is 1. The number of carbonyl (C=O) groups excluding carboxylic acids is 1. The minimum absolute atomic E-state index is 0.0314. The number of aromatic nitrogens is 2. The summed E-state index contributed by atoms with van der Waals surface area (Å²) in [6.07, 6.45) is 5.88. The summed E-state index contributed by atoms with van der Waals surface area (Å²) in [4.78, 5) is 11.5. The van der Waals surface area contributed by atoms with Crippen molar-refractivity contribution in [1.82, 2.24) is 10.2 Å². The molecule has 9 nitrogen and oxygen atoms in total. The van der Waals surface area contributed by atoms with Gasteiger partial charge in [-0.15, -0.1) is 10.2 Å². The molecule has 1 aliphatic heterocycles. The quantitative estimate of drug-likeness (QED) is 0.425. The lowest BCUT2D eigenvalue weighted by Crippen LogP contribution is -2.23. The third-order valence-corrected chi connectivity index (χ3v) is 6.15. The zero-order chi connectivity index (χ0) is 24.5. The molecule has 3 rings (SSSR count). The third kappa shape index (κ3) is 6.28. The second-order valence-electron chi connectivity index (χ2n) is 8.54. The molecule has 0 saturated heterocycles. The van der Waals surface area contributed by atoms with Gasteiger partial charge in [0.25, 0.3) is 0 Å². The van der Waals surface area contributed by atoms with Gasteiger partial charge < -0.3 is 30.4 Å². The molecule has 1 atom stereocenters. The molecule has 0 aliphatic carbocycles. The Bertz CT molecular complexity index is 982. The summed E-state index contributed by atoms with van der Waals surface area (Å²) in [6, 6.07) is 3.60. The van der Waals surface area contributed by atoms with Crippen LogP contribution in [0.2, 0.25) is 0 Å². The van der Waals surface area contributed by atoms with Crippen molar-refractivity contribution < 1.29 is 24.1 Å². The fourth-order valence-electron chi connectivity index (χ4n) is 4.30. The first kappa shape index (κ1) is 25.6. The van der Waals surface area contributed by atoms with Crippen molar-refractivity contribution in [3.63, 3.8) is 0 Å². The average Bonchev–Trinajstić information content (AvgIpc) is 2.91. The number of anilines is 1. The van der Waals surface area contributed by atoms with E-state index in [-0.39, 0.29) is 18.4 Å². The first-order chi connectivity index (χ1) is 16.5. The number of benzene rings is 1. The lowest BCUT2D eigenvalue weighted by molar-refractivity contribution is 0.119. The van der Waals surface area contributed by atoms with Crippen molar-refractivity contribution in [1.29, 1.82) is 0 Å². The Morgan fingerprint density at radius 3 is 2.82 bits per heavy atom. The van der Waals surface area contributed by atoms with Gasteiger partial charge in [-0.1, -0.05) is 33.1 Å². The molecule has 0 radical (unpaired) electrons. The number of phenolic OH excluding ortho intramolecular Hbond substituents is 1. The predicted octanol–water partition coefficient (Wildman–Crippen LogP) is 4.69. The van der Waals surface area contributed by atoms with E-state index < -0.39 is 6.09 Å². The van der Waals surface area contributed by atoms with Crippen LogP contribution in [0, 0.1) is 0 Å². The number of amides is 1. The standard InChI is InChI=1S/C25H36N4O5/c1-4-6-7-9-17(5-2)27-24-20(15-34-25(26)31)19-10-8-11-33-14-16-12-18(32-3)13-21(30)22(16)23(19)28-29-24/h12-13,17,30H,4-11,14-15H2,1-3H3,(H2,26,31)(H,27,29).